The Morgan fingerprint density at radius 1 is 1.38 bits per heavy atom. The van der Waals surface area contributed by atoms with Gasteiger partial charge >= 0.3 is 6.18 Å². The Labute approximate surface area is 73.1 Å². The van der Waals surface area contributed by atoms with Gasteiger partial charge < -0.3 is 14.9 Å². The van der Waals surface area contributed by atoms with Gasteiger partial charge in [0.2, 0.25) is 0 Å². The molecule has 1 rings (SSSR count). The molecule has 0 aliphatic carbocycles. The number of aliphatic hydroxyl groups is 2. The monoisotopic (exact) mass is 200 g/mol. The van der Waals surface area contributed by atoms with Crippen molar-refractivity contribution in [2.45, 2.75) is 31.4 Å². The molecule has 6 heteroatoms. The summed E-state index contributed by atoms with van der Waals surface area (Å²) in [5.74, 6) is -1.26. The highest BCUT2D eigenvalue weighted by molar-refractivity contribution is 4.79. The number of alkyl halides is 3. The molecule has 0 saturated carbocycles. The van der Waals surface area contributed by atoms with Crippen LogP contribution in [0.25, 0.3) is 0 Å². The van der Waals surface area contributed by atoms with E-state index < -0.39 is 24.5 Å². The minimum absolute atomic E-state index is 0.127. The summed E-state index contributed by atoms with van der Waals surface area (Å²) in [6.45, 7) is 0.238. The summed E-state index contributed by atoms with van der Waals surface area (Å²) >= 11 is 0. The van der Waals surface area contributed by atoms with E-state index in [2.05, 4.69) is 4.74 Å². The molecule has 1 aliphatic rings. The molecule has 3 nitrogen and oxygen atoms in total. The van der Waals surface area contributed by atoms with Crippen molar-refractivity contribution in [3.05, 3.63) is 0 Å². The van der Waals surface area contributed by atoms with E-state index in [0.717, 1.165) is 0 Å². The molecule has 0 aromatic heterocycles. The zero-order chi connectivity index (χ0) is 10.1. The maximum Gasteiger partial charge on any atom is 0.414 e. The van der Waals surface area contributed by atoms with Crippen LogP contribution in [-0.2, 0) is 4.74 Å². The van der Waals surface area contributed by atoms with Crippen LogP contribution in [0.2, 0.25) is 0 Å². The third kappa shape index (κ3) is 2.55. The van der Waals surface area contributed by atoms with Crippen LogP contribution in [0.1, 0.15) is 12.8 Å². The summed E-state index contributed by atoms with van der Waals surface area (Å²) < 4.78 is 40.6. The van der Waals surface area contributed by atoms with Crippen molar-refractivity contribution in [2.24, 2.45) is 5.92 Å². The Hall–Kier alpha value is -0.330. The fourth-order valence-electron chi connectivity index (χ4n) is 1.35. The van der Waals surface area contributed by atoms with Gasteiger partial charge in [0.25, 0.3) is 0 Å². The molecule has 0 radical (unpaired) electrons. The lowest BCUT2D eigenvalue weighted by atomic mass is 9.94. The summed E-state index contributed by atoms with van der Waals surface area (Å²) in [5.41, 5.74) is 0. The van der Waals surface area contributed by atoms with E-state index in [1.807, 2.05) is 0 Å². The summed E-state index contributed by atoms with van der Waals surface area (Å²) in [6.07, 6.45) is -8.14. The van der Waals surface area contributed by atoms with Crippen LogP contribution < -0.4 is 0 Å². The number of ether oxygens (including phenoxy) is 1. The van der Waals surface area contributed by atoms with Crippen molar-refractivity contribution in [3.8, 4) is 0 Å². The van der Waals surface area contributed by atoms with Crippen molar-refractivity contribution in [1.82, 2.24) is 0 Å². The summed E-state index contributed by atoms with van der Waals surface area (Å²) in [4.78, 5) is 0. The molecule has 0 bridgehead atoms. The standard InChI is InChI=1S/C7H11F3O3/c8-7(9,10)5(11)4-2-1-3-13-6(4)12/h4-6,11-12H,1-3H2/t4?,5-,6-/m0/s1. The zero-order valence-corrected chi connectivity index (χ0v) is 6.79. The van der Waals surface area contributed by atoms with Crippen LogP contribution in [0.15, 0.2) is 0 Å². The molecule has 0 amide bonds. The third-order valence-corrected chi connectivity index (χ3v) is 2.08. The first-order chi connectivity index (χ1) is 5.93. The molecule has 3 atom stereocenters. The summed E-state index contributed by atoms with van der Waals surface area (Å²) in [6, 6.07) is 0. The SMILES string of the molecule is O[C@H]1OCCCC1[C@H](O)C(F)(F)F. The molecule has 13 heavy (non-hydrogen) atoms. The van der Waals surface area contributed by atoms with Gasteiger partial charge in [0.1, 0.15) is 0 Å². The topological polar surface area (TPSA) is 49.7 Å². The lowest BCUT2D eigenvalue weighted by molar-refractivity contribution is -0.263. The molecule has 1 heterocycles. The first-order valence-electron chi connectivity index (χ1n) is 3.97. The van der Waals surface area contributed by atoms with Crippen LogP contribution in [0.5, 0.6) is 0 Å². The van der Waals surface area contributed by atoms with E-state index in [1.165, 1.54) is 0 Å². The molecule has 0 aromatic carbocycles. The second-order valence-corrected chi connectivity index (χ2v) is 3.05. The average Bonchev–Trinajstić information content (AvgIpc) is 2.02. The molecular formula is C7H11F3O3. The molecule has 0 aromatic rings. The van der Waals surface area contributed by atoms with Crippen LogP contribution >= 0.6 is 0 Å². The van der Waals surface area contributed by atoms with Crippen molar-refractivity contribution in [2.75, 3.05) is 6.61 Å². The molecule has 1 unspecified atom stereocenters. The number of hydrogen-bond donors (Lipinski definition) is 2. The van der Waals surface area contributed by atoms with Crippen LogP contribution in [0.4, 0.5) is 13.2 Å². The quantitative estimate of drug-likeness (QED) is 0.653. The van der Waals surface area contributed by atoms with Gasteiger partial charge in [0, 0.05) is 12.5 Å². The maximum absolute atomic E-state index is 12.0. The van der Waals surface area contributed by atoms with Gasteiger partial charge in [-0.05, 0) is 12.8 Å². The number of rotatable bonds is 1. The Bertz CT molecular complexity index is 171. The number of aliphatic hydroxyl groups excluding tert-OH is 2. The highest BCUT2D eigenvalue weighted by atomic mass is 19.4. The first kappa shape index (κ1) is 10.7. The average molecular weight is 200 g/mol. The molecule has 0 spiro atoms. The second kappa shape index (κ2) is 3.81. The smallest absolute Gasteiger partial charge is 0.383 e. The lowest BCUT2D eigenvalue weighted by Crippen LogP contribution is -2.44. The Kier molecular flexibility index (Phi) is 3.15. The van der Waals surface area contributed by atoms with E-state index in [0.29, 0.717) is 6.42 Å². The van der Waals surface area contributed by atoms with Crippen molar-refractivity contribution in [3.63, 3.8) is 0 Å². The minimum Gasteiger partial charge on any atom is -0.383 e. The number of halogens is 3. The fraction of sp³-hybridized carbons (Fsp3) is 1.00. The van der Waals surface area contributed by atoms with Crippen LogP contribution in [-0.4, -0.2) is 35.4 Å². The van der Waals surface area contributed by atoms with Gasteiger partial charge in [-0.2, -0.15) is 13.2 Å². The van der Waals surface area contributed by atoms with Crippen LogP contribution in [0, 0.1) is 5.92 Å². The summed E-state index contributed by atoms with van der Waals surface area (Å²) in [5, 5.41) is 17.8. The highest BCUT2D eigenvalue weighted by Gasteiger charge is 2.46. The summed E-state index contributed by atoms with van der Waals surface area (Å²) in [7, 11) is 0. The Morgan fingerprint density at radius 3 is 2.46 bits per heavy atom. The van der Waals surface area contributed by atoms with E-state index >= 15 is 0 Å². The van der Waals surface area contributed by atoms with Gasteiger partial charge in [-0.25, -0.2) is 0 Å². The molecule has 2 N–H and O–H groups in total. The molecule has 1 saturated heterocycles. The van der Waals surface area contributed by atoms with Gasteiger partial charge in [-0.15, -0.1) is 0 Å². The van der Waals surface area contributed by atoms with Crippen LogP contribution in [0.3, 0.4) is 0 Å². The highest BCUT2D eigenvalue weighted by Crippen LogP contribution is 2.32. The first-order valence-corrected chi connectivity index (χ1v) is 3.97. The van der Waals surface area contributed by atoms with Gasteiger partial charge in [-0.3, -0.25) is 0 Å². The molecule has 1 aliphatic heterocycles. The molecular weight excluding hydrogens is 189 g/mol. The largest absolute Gasteiger partial charge is 0.414 e. The van der Waals surface area contributed by atoms with E-state index in [-0.39, 0.29) is 13.0 Å². The van der Waals surface area contributed by atoms with Crippen molar-refractivity contribution in [1.29, 1.82) is 0 Å². The predicted molar refractivity (Wildman–Crippen MR) is 36.7 cm³/mol. The molecule has 78 valence electrons. The Balaban J connectivity index is 2.58. The predicted octanol–water partition coefficient (Wildman–Crippen LogP) is 0.655. The second-order valence-electron chi connectivity index (χ2n) is 3.05. The van der Waals surface area contributed by atoms with Gasteiger partial charge in [-0.1, -0.05) is 0 Å². The minimum atomic E-state index is -4.69. The van der Waals surface area contributed by atoms with Crippen molar-refractivity contribution < 1.29 is 28.1 Å². The van der Waals surface area contributed by atoms with Gasteiger partial charge in [0.15, 0.2) is 12.4 Å². The van der Waals surface area contributed by atoms with Gasteiger partial charge in [0.05, 0.1) is 0 Å². The van der Waals surface area contributed by atoms with Crippen molar-refractivity contribution >= 4 is 0 Å². The number of hydrogen-bond acceptors (Lipinski definition) is 3. The molecule has 1 fully saturated rings. The Morgan fingerprint density at radius 2 is 2.00 bits per heavy atom. The fourth-order valence-corrected chi connectivity index (χ4v) is 1.35. The van der Waals surface area contributed by atoms with E-state index in [4.69, 9.17) is 10.2 Å². The normalized spacial score (nSPS) is 33.0. The van der Waals surface area contributed by atoms with E-state index in [9.17, 15) is 13.2 Å². The zero-order valence-electron chi connectivity index (χ0n) is 6.79. The lowest BCUT2D eigenvalue weighted by Gasteiger charge is -2.32. The van der Waals surface area contributed by atoms with E-state index in [1.54, 1.807) is 0 Å². The maximum atomic E-state index is 12.0. The third-order valence-electron chi connectivity index (χ3n) is 2.08.